The van der Waals surface area contributed by atoms with Crippen molar-refractivity contribution in [2.24, 2.45) is 0 Å². The van der Waals surface area contributed by atoms with Crippen molar-refractivity contribution in [3.05, 3.63) is 95.1 Å². The smallest absolute Gasteiger partial charge is 0.282 e. The fourth-order valence-electron chi connectivity index (χ4n) is 3.79. The second-order valence-electron chi connectivity index (χ2n) is 6.90. The van der Waals surface area contributed by atoms with E-state index < -0.39 is 11.8 Å². The number of likely N-dealkylation sites (N-methyl/N-ethyl adjacent to an activating group) is 1. The molecule has 2 amide bonds. The molecule has 0 aliphatic carbocycles. The molecule has 1 aliphatic rings. The molecular formula is C25H21ClN2O3. The number of halogens is 1. The Balaban J connectivity index is 1.97. The number of methoxy groups -OCH3 is 1. The predicted molar refractivity (Wildman–Crippen MR) is 123 cm³/mol. The Hall–Kier alpha value is -3.57. The first-order valence-corrected chi connectivity index (χ1v) is 10.3. The third-order valence-corrected chi connectivity index (χ3v) is 5.50. The monoisotopic (exact) mass is 432 g/mol. The van der Waals surface area contributed by atoms with Crippen LogP contribution >= 0.6 is 11.6 Å². The number of hydrogen-bond donors (Lipinski definition) is 0. The Morgan fingerprint density at radius 1 is 0.871 bits per heavy atom. The molecule has 3 aromatic rings. The van der Waals surface area contributed by atoms with Crippen LogP contribution in [0.5, 0.6) is 5.75 Å². The molecule has 0 atom stereocenters. The first-order valence-electron chi connectivity index (χ1n) is 9.92. The van der Waals surface area contributed by atoms with Crippen LogP contribution in [0.15, 0.2) is 84.6 Å². The number of ether oxygens (including phenoxy) is 1. The summed E-state index contributed by atoms with van der Waals surface area (Å²) in [5.41, 5.74) is 2.30. The summed E-state index contributed by atoms with van der Waals surface area (Å²) < 4.78 is 5.51. The summed E-state index contributed by atoms with van der Waals surface area (Å²) in [6.45, 7) is 2.43. The van der Waals surface area contributed by atoms with Gasteiger partial charge in [0.15, 0.2) is 0 Å². The molecule has 0 saturated carbocycles. The molecule has 5 nitrogen and oxygen atoms in total. The van der Waals surface area contributed by atoms with Crippen LogP contribution in [-0.4, -0.2) is 25.5 Å². The molecule has 4 rings (SSSR count). The van der Waals surface area contributed by atoms with E-state index in [1.165, 1.54) is 0 Å². The van der Waals surface area contributed by atoms with Gasteiger partial charge in [0.25, 0.3) is 11.8 Å². The highest BCUT2D eigenvalue weighted by molar-refractivity contribution is 6.48. The lowest BCUT2D eigenvalue weighted by atomic mass is 10.0. The van der Waals surface area contributed by atoms with Crippen molar-refractivity contribution in [1.82, 2.24) is 0 Å². The highest BCUT2D eigenvalue weighted by Crippen LogP contribution is 2.41. The van der Waals surface area contributed by atoms with Gasteiger partial charge in [0.2, 0.25) is 0 Å². The molecule has 0 radical (unpaired) electrons. The van der Waals surface area contributed by atoms with Crippen LogP contribution in [-0.2, 0) is 9.59 Å². The minimum absolute atomic E-state index is 0.285. The lowest BCUT2D eigenvalue weighted by Crippen LogP contribution is -2.35. The third kappa shape index (κ3) is 3.57. The number of carbonyl (C=O) groups excluding carboxylic acids is 2. The van der Waals surface area contributed by atoms with Crippen LogP contribution in [0.2, 0.25) is 5.02 Å². The number of carbonyl (C=O) groups is 2. The van der Waals surface area contributed by atoms with Crippen molar-refractivity contribution in [1.29, 1.82) is 0 Å². The van der Waals surface area contributed by atoms with Gasteiger partial charge in [-0.2, -0.15) is 0 Å². The maximum atomic E-state index is 13.7. The zero-order chi connectivity index (χ0) is 22.0. The van der Waals surface area contributed by atoms with Gasteiger partial charge < -0.3 is 9.64 Å². The molecule has 31 heavy (non-hydrogen) atoms. The van der Waals surface area contributed by atoms with Gasteiger partial charge in [0, 0.05) is 17.8 Å². The Morgan fingerprint density at radius 3 is 2.19 bits per heavy atom. The van der Waals surface area contributed by atoms with E-state index in [1.54, 1.807) is 43.5 Å². The summed E-state index contributed by atoms with van der Waals surface area (Å²) in [5, 5.41) is 0.326. The van der Waals surface area contributed by atoms with E-state index in [0.717, 1.165) is 10.6 Å². The molecule has 0 aromatic heterocycles. The van der Waals surface area contributed by atoms with Crippen LogP contribution in [0, 0.1) is 0 Å². The van der Waals surface area contributed by atoms with E-state index in [1.807, 2.05) is 54.3 Å². The second kappa shape index (κ2) is 8.66. The summed E-state index contributed by atoms with van der Waals surface area (Å²) in [7, 11) is 1.54. The van der Waals surface area contributed by atoms with Crippen molar-refractivity contribution in [3.8, 4) is 5.75 Å². The van der Waals surface area contributed by atoms with Gasteiger partial charge in [-0.05, 0) is 37.3 Å². The van der Waals surface area contributed by atoms with Crippen LogP contribution in [0.1, 0.15) is 12.5 Å². The molecular weight excluding hydrogens is 412 g/mol. The van der Waals surface area contributed by atoms with E-state index >= 15 is 0 Å². The molecule has 0 unspecified atom stereocenters. The van der Waals surface area contributed by atoms with Gasteiger partial charge in [-0.25, -0.2) is 4.90 Å². The van der Waals surface area contributed by atoms with Crippen molar-refractivity contribution in [2.75, 3.05) is 23.5 Å². The fourth-order valence-corrected chi connectivity index (χ4v) is 4.01. The Bertz CT molecular complexity index is 1170. The first kappa shape index (κ1) is 20.7. The Kier molecular flexibility index (Phi) is 5.78. The fraction of sp³-hybridized carbons (Fsp3) is 0.120. The summed E-state index contributed by atoms with van der Waals surface area (Å²) in [4.78, 5) is 30.4. The molecule has 1 aliphatic heterocycles. The molecule has 0 saturated heterocycles. The van der Waals surface area contributed by atoms with Gasteiger partial charge in [0.1, 0.15) is 11.4 Å². The standard InChI is InChI=1S/C25H21ClN2O3/c1-3-27(17-11-5-4-6-12-17)23-22(18-13-7-10-16-21(18)31-2)24(29)28(25(23)30)20-15-9-8-14-19(20)26/h4-16H,3H2,1-2H3. The van der Waals surface area contributed by atoms with Crippen LogP contribution < -0.4 is 14.5 Å². The third-order valence-electron chi connectivity index (χ3n) is 5.18. The molecule has 0 fully saturated rings. The van der Waals surface area contributed by atoms with Crippen molar-refractivity contribution in [3.63, 3.8) is 0 Å². The van der Waals surface area contributed by atoms with Crippen molar-refractivity contribution < 1.29 is 14.3 Å². The van der Waals surface area contributed by atoms with Crippen LogP contribution in [0.3, 0.4) is 0 Å². The van der Waals surface area contributed by atoms with Crippen LogP contribution in [0.25, 0.3) is 5.57 Å². The number of imide groups is 1. The Morgan fingerprint density at radius 2 is 1.52 bits per heavy atom. The van der Waals surface area contributed by atoms with Gasteiger partial charge in [-0.1, -0.05) is 60.1 Å². The Labute approximate surface area is 186 Å². The summed E-state index contributed by atoms with van der Waals surface area (Å²) in [6.07, 6.45) is 0. The minimum atomic E-state index is -0.438. The van der Waals surface area contributed by atoms with E-state index in [-0.39, 0.29) is 5.57 Å². The number of anilines is 2. The first-order chi connectivity index (χ1) is 15.1. The largest absolute Gasteiger partial charge is 0.496 e. The maximum Gasteiger partial charge on any atom is 0.282 e. The van der Waals surface area contributed by atoms with Crippen molar-refractivity contribution >= 4 is 40.4 Å². The molecule has 156 valence electrons. The molecule has 0 spiro atoms. The number of benzene rings is 3. The SMILES string of the molecule is CCN(C1=C(c2ccccc2OC)C(=O)N(c2ccccc2Cl)C1=O)c1ccccc1. The number of hydrogen-bond acceptors (Lipinski definition) is 4. The lowest BCUT2D eigenvalue weighted by molar-refractivity contribution is -0.120. The maximum absolute atomic E-state index is 13.7. The van der Waals surface area contributed by atoms with Gasteiger partial charge in [-0.15, -0.1) is 0 Å². The minimum Gasteiger partial charge on any atom is -0.496 e. The van der Waals surface area contributed by atoms with E-state index in [4.69, 9.17) is 16.3 Å². The van der Waals surface area contributed by atoms with Crippen LogP contribution in [0.4, 0.5) is 11.4 Å². The topological polar surface area (TPSA) is 49.9 Å². The summed E-state index contributed by atoms with van der Waals surface area (Å²) in [5.74, 6) is -0.349. The molecule has 1 heterocycles. The lowest BCUT2D eigenvalue weighted by Gasteiger charge is -2.25. The van der Waals surface area contributed by atoms with Gasteiger partial charge in [-0.3, -0.25) is 9.59 Å². The molecule has 3 aromatic carbocycles. The predicted octanol–water partition coefficient (Wildman–Crippen LogP) is 5.16. The van der Waals surface area contributed by atoms with E-state index in [9.17, 15) is 9.59 Å². The number of rotatable bonds is 6. The zero-order valence-corrected chi connectivity index (χ0v) is 18.0. The zero-order valence-electron chi connectivity index (χ0n) is 17.2. The molecule has 0 N–H and O–H groups in total. The summed E-state index contributed by atoms with van der Waals surface area (Å²) in [6, 6.07) is 23.6. The average Bonchev–Trinajstić information content (AvgIpc) is 3.05. The average molecular weight is 433 g/mol. The second-order valence-corrected chi connectivity index (χ2v) is 7.31. The molecule has 6 heteroatoms. The quantitative estimate of drug-likeness (QED) is 0.505. The van der Waals surface area contributed by atoms with E-state index in [0.29, 0.717) is 34.3 Å². The normalized spacial score (nSPS) is 13.7. The van der Waals surface area contributed by atoms with Gasteiger partial charge in [0.05, 0.1) is 23.4 Å². The summed E-state index contributed by atoms with van der Waals surface area (Å²) >= 11 is 6.36. The number of para-hydroxylation sites is 3. The van der Waals surface area contributed by atoms with Gasteiger partial charge >= 0.3 is 0 Å². The molecule has 0 bridgehead atoms. The highest BCUT2D eigenvalue weighted by atomic mass is 35.5. The highest BCUT2D eigenvalue weighted by Gasteiger charge is 2.44. The van der Waals surface area contributed by atoms with Crippen molar-refractivity contribution in [2.45, 2.75) is 6.92 Å². The number of amides is 2. The van der Waals surface area contributed by atoms with E-state index in [2.05, 4.69) is 0 Å². The number of nitrogens with zero attached hydrogens (tertiary/aromatic N) is 2.